The Morgan fingerprint density at radius 1 is 1.14 bits per heavy atom. The van der Waals surface area contributed by atoms with Crippen LogP contribution in [0.2, 0.25) is 0 Å². The number of nitrogens with two attached hydrogens (primary N) is 1. The van der Waals surface area contributed by atoms with Crippen LogP contribution >= 0.6 is 0 Å². The van der Waals surface area contributed by atoms with Crippen LogP contribution in [0.25, 0.3) is 16.6 Å². The zero-order valence-corrected chi connectivity index (χ0v) is 16.9. The number of rotatable bonds is 3. The number of aryl methyl sites for hydroxylation is 3. The summed E-state index contributed by atoms with van der Waals surface area (Å²) in [5.41, 5.74) is 9.43. The summed E-state index contributed by atoms with van der Waals surface area (Å²) in [5.74, 6) is -0.674. The van der Waals surface area contributed by atoms with Gasteiger partial charge in [-0.1, -0.05) is 12.1 Å². The number of nitrogens with zero attached hydrogens (tertiary/aromatic N) is 4. The molecule has 0 bridgehead atoms. The zero-order chi connectivity index (χ0) is 20.9. The Hall–Kier alpha value is -3.16. The minimum absolute atomic E-state index is 0.118. The smallest absolute Gasteiger partial charge is 0.351 e. The normalized spacial score (nSPS) is 15.3. The molecular formula is C21H25N5O3. The average molecular weight is 395 g/mol. The van der Waals surface area contributed by atoms with E-state index in [9.17, 15) is 14.4 Å². The van der Waals surface area contributed by atoms with Crippen molar-refractivity contribution < 1.29 is 9.59 Å². The molecule has 0 atom stereocenters. The van der Waals surface area contributed by atoms with Crippen molar-refractivity contribution in [3.63, 3.8) is 0 Å². The highest BCUT2D eigenvalue weighted by Gasteiger charge is 2.26. The Morgan fingerprint density at radius 3 is 2.48 bits per heavy atom. The number of hydrogen-bond donors (Lipinski definition) is 1. The van der Waals surface area contributed by atoms with Crippen LogP contribution in [0.1, 0.15) is 29.5 Å². The van der Waals surface area contributed by atoms with Gasteiger partial charge in [0.25, 0.3) is 0 Å². The molecule has 8 heteroatoms. The summed E-state index contributed by atoms with van der Waals surface area (Å²) in [7, 11) is 0. The lowest BCUT2D eigenvalue weighted by molar-refractivity contribution is -0.135. The number of amides is 2. The van der Waals surface area contributed by atoms with E-state index in [2.05, 4.69) is 5.10 Å². The van der Waals surface area contributed by atoms with E-state index in [1.54, 1.807) is 9.30 Å². The first-order chi connectivity index (χ1) is 13.8. The van der Waals surface area contributed by atoms with Crippen molar-refractivity contribution in [2.24, 2.45) is 11.7 Å². The van der Waals surface area contributed by atoms with E-state index >= 15 is 0 Å². The Morgan fingerprint density at radius 2 is 1.83 bits per heavy atom. The topological polar surface area (TPSA) is 103 Å². The summed E-state index contributed by atoms with van der Waals surface area (Å²) in [6, 6.07) is 6.06. The lowest BCUT2D eigenvalue weighted by atomic mass is 9.96. The molecule has 8 nitrogen and oxygen atoms in total. The fourth-order valence-corrected chi connectivity index (χ4v) is 4.14. The van der Waals surface area contributed by atoms with E-state index in [-0.39, 0.29) is 30.0 Å². The monoisotopic (exact) mass is 395 g/mol. The van der Waals surface area contributed by atoms with Gasteiger partial charge in [-0.3, -0.25) is 9.59 Å². The number of aromatic nitrogens is 3. The highest BCUT2D eigenvalue weighted by Crippen LogP contribution is 2.24. The fourth-order valence-electron chi connectivity index (χ4n) is 4.14. The number of carbonyl (C=O) groups is 2. The molecule has 0 radical (unpaired) electrons. The van der Waals surface area contributed by atoms with Gasteiger partial charge in [0, 0.05) is 19.0 Å². The van der Waals surface area contributed by atoms with E-state index < -0.39 is 0 Å². The number of hydrogen-bond acceptors (Lipinski definition) is 4. The fraction of sp³-hybridized carbons (Fsp3) is 0.429. The molecule has 0 unspecified atom stereocenters. The third kappa shape index (κ3) is 3.18. The SMILES string of the molecule is Cc1ccc2cc(C)c3nn(CC(=O)N4CCC(C(N)=O)CC4)c(=O)n3c2c1C. The second kappa shape index (κ2) is 7.02. The molecule has 3 heterocycles. The summed E-state index contributed by atoms with van der Waals surface area (Å²) in [4.78, 5) is 38.9. The van der Waals surface area contributed by atoms with Gasteiger partial charge in [-0.05, 0) is 61.8 Å². The first-order valence-electron chi connectivity index (χ1n) is 9.84. The van der Waals surface area contributed by atoms with Crippen LogP contribution in [0.5, 0.6) is 0 Å². The molecular weight excluding hydrogens is 370 g/mol. The molecule has 0 aliphatic carbocycles. The molecule has 0 saturated carbocycles. The quantitative estimate of drug-likeness (QED) is 0.722. The van der Waals surface area contributed by atoms with Gasteiger partial charge in [-0.2, -0.15) is 0 Å². The molecule has 1 aromatic carbocycles. The number of fused-ring (bicyclic) bond motifs is 3. The van der Waals surface area contributed by atoms with E-state index in [1.165, 1.54) is 4.68 Å². The standard InChI is InChI=1S/C21H25N5O3/c1-12-4-5-16-10-13(2)20-23-25(21(29)26(20)18(16)14(12)3)11-17(27)24-8-6-15(7-9-24)19(22)28/h4-5,10,15H,6-9,11H2,1-3H3,(H2,22,28). The van der Waals surface area contributed by atoms with Gasteiger partial charge in [0.1, 0.15) is 6.54 Å². The zero-order valence-electron chi connectivity index (χ0n) is 16.9. The molecule has 1 fully saturated rings. The predicted octanol–water partition coefficient (Wildman–Crippen LogP) is 1.30. The van der Waals surface area contributed by atoms with Crippen molar-refractivity contribution in [3.05, 3.63) is 45.4 Å². The van der Waals surface area contributed by atoms with Crippen molar-refractivity contribution in [1.82, 2.24) is 19.1 Å². The number of carbonyl (C=O) groups excluding carboxylic acids is 2. The van der Waals surface area contributed by atoms with E-state index in [1.807, 2.05) is 39.0 Å². The number of benzene rings is 1. The summed E-state index contributed by atoms with van der Waals surface area (Å²) >= 11 is 0. The summed E-state index contributed by atoms with van der Waals surface area (Å²) < 4.78 is 2.85. The summed E-state index contributed by atoms with van der Waals surface area (Å²) in [6.45, 7) is 6.73. The Kier molecular flexibility index (Phi) is 4.64. The minimum atomic E-state index is -0.318. The van der Waals surface area contributed by atoms with Crippen molar-refractivity contribution >= 4 is 28.4 Å². The molecule has 152 valence electrons. The van der Waals surface area contributed by atoms with E-state index in [0.717, 1.165) is 27.6 Å². The molecule has 0 spiro atoms. The second-order valence-electron chi connectivity index (χ2n) is 7.93. The van der Waals surface area contributed by atoms with Crippen LogP contribution in [-0.2, 0) is 16.1 Å². The third-order valence-electron chi connectivity index (χ3n) is 6.06. The highest BCUT2D eigenvalue weighted by atomic mass is 16.2. The largest absolute Gasteiger partial charge is 0.369 e. The summed E-state index contributed by atoms with van der Waals surface area (Å²) in [5, 5.41) is 5.43. The average Bonchev–Trinajstić information content (AvgIpc) is 3.02. The molecule has 1 saturated heterocycles. The third-order valence-corrected chi connectivity index (χ3v) is 6.06. The van der Waals surface area contributed by atoms with Crippen molar-refractivity contribution in [2.75, 3.05) is 13.1 Å². The van der Waals surface area contributed by atoms with Crippen LogP contribution in [0.4, 0.5) is 0 Å². The van der Waals surface area contributed by atoms with Gasteiger partial charge in [-0.25, -0.2) is 13.9 Å². The Balaban J connectivity index is 1.70. The van der Waals surface area contributed by atoms with E-state index in [4.69, 9.17) is 5.73 Å². The lowest BCUT2D eigenvalue weighted by Crippen LogP contribution is -2.44. The predicted molar refractivity (Wildman–Crippen MR) is 110 cm³/mol. The second-order valence-corrected chi connectivity index (χ2v) is 7.93. The lowest BCUT2D eigenvalue weighted by Gasteiger charge is -2.30. The maximum absolute atomic E-state index is 13.1. The van der Waals surface area contributed by atoms with Crippen LogP contribution in [0, 0.1) is 26.7 Å². The molecule has 29 heavy (non-hydrogen) atoms. The molecule has 2 N–H and O–H groups in total. The maximum Gasteiger partial charge on any atom is 0.351 e. The Labute approximate surface area is 167 Å². The van der Waals surface area contributed by atoms with Gasteiger partial charge < -0.3 is 10.6 Å². The number of likely N-dealkylation sites (tertiary alicyclic amines) is 1. The number of primary amides is 1. The van der Waals surface area contributed by atoms with Gasteiger partial charge >= 0.3 is 5.69 Å². The van der Waals surface area contributed by atoms with Gasteiger partial charge in [0.15, 0.2) is 5.65 Å². The highest BCUT2D eigenvalue weighted by molar-refractivity contribution is 5.87. The van der Waals surface area contributed by atoms with Gasteiger partial charge in [0.2, 0.25) is 11.8 Å². The first kappa shape index (κ1) is 19.2. The van der Waals surface area contributed by atoms with Crippen molar-refractivity contribution in [3.8, 4) is 0 Å². The van der Waals surface area contributed by atoms with Gasteiger partial charge in [-0.15, -0.1) is 5.10 Å². The number of pyridine rings is 1. The summed E-state index contributed by atoms with van der Waals surface area (Å²) in [6.07, 6.45) is 1.12. The van der Waals surface area contributed by atoms with Crippen molar-refractivity contribution in [2.45, 2.75) is 40.2 Å². The van der Waals surface area contributed by atoms with Crippen LogP contribution < -0.4 is 11.4 Å². The Bertz CT molecular complexity index is 1200. The number of piperidine rings is 1. The maximum atomic E-state index is 13.1. The molecule has 1 aliphatic heterocycles. The molecule has 2 amide bonds. The molecule has 1 aliphatic rings. The van der Waals surface area contributed by atoms with E-state index in [0.29, 0.717) is 31.6 Å². The molecule has 4 rings (SSSR count). The minimum Gasteiger partial charge on any atom is -0.369 e. The van der Waals surface area contributed by atoms with Crippen LogP contribution in [-0.4, -0.2) is 44.0 Å². The van der Waals surface area contributed by atoms with Crippen molar-refractivity contribution in [1.29, 1.82) is 0 Å². The van der Waals surface area contributed by atoms with Crippen LogP contribution in [0.15, 0.2) is 23.0 Å². The molecule has 2 aromatic heterocycles. The van der Waals surface area contributed by atoms with Gasteiger partial charge in [0.05, 0.1) is 5.52 Å². The van der Waals surface area contributed by atoms with Crippen LogP contribution in [0.3, 0.4) is 0 Å². The molecule has 3 aromatic rings. The first-order valence-corrected chi connectivity index (χ1v) is 9.84.